The van der Waals surface area contributed by atoms with E-state index in [0.29, 0.717) is 0 Å². The second-order valence-corrected chi connectivity index (χ2v) is 5.40. The highest BCUT2D eigenvalue weighted by Crippen LogP contribution is 2.27. The molecule has 0 heterocycles. The first-order valence-electron chi connectivity index (χ1n) is 6.02. The smallest absolute Gasteiger partial charge is 0.323 e. The van der Waals surface area contributed by atoms with Crippen LogP contribution in [0.15, 0.2) is 34.8 Å². The summed E-state index contributed by atoms with van der Waals surface area (Å²) in [6.07, 6.45) is 4.92. The molecule has 0 aromatic heterocycles. The first-order chi connectivity index (χ1) is 9.06. The third kappa shape index (κ3) is 4.21. The lowest BCUT2D eigenvalue weighted by Crippen LogP contribution is -2.36. The van der Waals surface area contributed by atoms with Gasteiger partial charge in [0.1, 0.15) is 6.54 Å². The van der Waals surface area contributed by atoms with Crippen LogP contribution in [-0.2, 0) is 9.59 Å². The molecule has 0 atom stereocenters. The number of hydrogen-bond acceptors (Lipinski definition) is 2. The van der Waals surface area contributed by atoms with Crippen LogP contribution in [0.5, 0.6) is 0 Å². The molecule has 5 heteroatoms. The molecule has 1 amide bonds. The summed E-state index contributed by atoms with van der Waals surface area (Å²) in [6, 6.07) is 7.65. The molecule has 1 N–H and O–H groups in total. The second-order valence-electron chi connectivity index (χ2n) is 4.48. The van der Waals surface area contributed by atoms with Crippen LogP contribution in [0.2, 0.25) is 0 Å². The lowest BCUT2D eigenvalue weighted by atomic mass is 10.2. The van der Waals surface area contributed by atoms with Gasteiger partial charge in [0.25, 0.3) is 0 Å². The lowest BCUT2D eigenvalue weighted by Gasteiger charge is -2.17. The van der Waals surface area contributed by atoms with Crippen molar-refractivity contribution in [3.05, 3.63) is 40.4 Å². The van der Waals surface area contributed by atoms with Crippen molar-refractivity contribution >= 4 is 33.9 Å². The minimum atomic E-state index is -0.976. The van der Waals surface area contributed by atoms with E-state index in [-0.39, 0.29) is 18.5 Å². The van der Waals surface area contributed by atoms with Crippen LogP contribution in [0.4, 0.5) is 0 Å². The number of carbonyl (C=O) groups is 2. The summed E-state index contributed by atoms with van der Waals surface area (Å²) < 4.78 is 0.937. The Balaban J connectivity index is 2.04. The van der Waals surface area contributed by atoms with Crippen LogP contribution in [0.25, 0.3) is 6.08 Å². The number of carboxylic acid groups (broad SMARTS) is 1. The van der Waals surface area contributed by atoms with Crippen molar-refractivity contribution in [2.75, 3.05) is 6.54 Å². The van der Waals surface area contributed by atoms with Gasteiger partial charge in [0.05, 0.1) is 0 Å². The van der Waals surface area contributed by atoms with E-state index in [9.17, 15) is 9.59 Å². The summed E-state index contributed by atoms with van der Waals surface area (Å²) in [7, 11) is 0. The normalized spacial score (nSPS) is 14.6. The zero-order valence-electron chi connectivity index (χ0n) is 10.3. The van der Waals surface area contributed by atoms with Crippen molar-refractivity contribution in [2.45, 2.75) is 18.9 Å². The van der Waals surface area contributed by atoms with Crippen molar-refractivity contribution in [3.63, 3.8) is 0 Å². The Morgan fingerprint density at radius 3 is 2.74 bits per heavy atom. The number of halogens is 1. The largest absolute Gasteiger partial charge is 0.480 e. The molecule has 0 bridgehead atoms. The number of hydrogen-bond donors (Lipinski definition) is 1. The Kier molecular flexibility index (Phi) is 4.37. The number of amides is 1. The first kappa shape index (κ1) is 13.8. The summed E-state index contributed by atoms with van der Waals surface area (Å²) in [5, 5.41) is 8.81. The molecular formula is C14H14BrNO3. The number of carbonyl (C=O) groups excluding carboxylic acids is 1. The summed E-state index contributed by atoms with van der Waals surface area (Å²) in [6.45, 7) is -0.230. The number of nitrogens with zero attached hydrogens (tertiary/aromatic N) is 1. The van der Waals surface area contributed by atoms with Crippen LogP contribution in [0.1, 0.15) is 18.4 Å². The van der Waals surface area contributed by atoms with Crippen LogP contribution in [0, 0.1) is 0 Å². The SMILES string of the molecule is O=C(O)CN(C(=O)C=Cc1cccc(Br)c1)C1CC1. The molecule has 0 aliphatic heterocycles. The Labute approximate surface area is 119 Å². The predicted octanol–water partition coefficient (Wildman–Crippen LogP) is 2.54. The maximum absolute atomic E-state index is 12.0. The van der Waals surface area contributed by atoms with Crippen molar-refractivity contribution in [1.82, 2.24) is 4.90 Å². The molecule has 100 valence electrons. The average Bonchev–Trinajstić information content (AvgIpc) is 3.17. The fourth-order valence-corrected chi connectivity index (χ4v) is 2.21. The standard InChI is InChI=1S/C14H14BrNO3/c15-11-3-1-2-10(8-11)4-7-13(17)16(9-14(18)19)12-5-6-12/h1-4,7-8,12H,5-6,9H2,(H,18,19). The minimum absolute atomic E-state index is 0.0933. The van der Waals surface area contributed by atoms with Gasteiger partial charge in [-0.2, -0.15) is 0 Å². The molecule has 0 unspecified atom stereocenters. The van der Waals surface area contributed by atoms with Crippen LogP contribution in [0.3, 0.4) is 0 Å². The van der Waals surface area contributed by atoms with Gasteiger partial charge in [-0.05, 0) is 36.6 Å². The van der Waals surface area contributed by atoms with Crippen molar-refractivity contribution in [3.8, 4) is 0 Å². The summed E-state index contributed by atoms with van der Waals surface area (Å²) in [4.78, 5) is 24.1. The summed E-state index contributed by atoms with van der Waals surface area (Å²) in [5.41, 5.74) is 0.897. The zero-order valence-corrected chi connectivity index (χ0v) is 11.8. The molecule has 0 saturated heterocycles. The topological polar surface area (TPSA) is 57.6 Å². The van der Waals surface area contributed by atoms with E-state index in [0.717, 1.165) is 22.9 Å². The fraction of sp³-hybridized carbons (Fsp3) is 0.286. The molecular weight excluding hydrogens is 310 g/mol. The van der Waals surface area contributed by atoms with Crippen molar-refractivity contribution < 1.29 is 14.7 Å². The van der Waals surface area contributed by atoms with Crippen LogP contribution >= 0.6 is 15.9 Å². The molecule has 0 spiro atoms. The molecule has 0 radical (unpaired) electrons. The van der Waals surface area contributed by atoms with Gasteiger partial charge in [0.2, 0.25) is 5.91 Å². The Hall–Kier alpha value is -1.62. The highest BCUT2D eigenvalue weighted by atomic mass is 79.9. The Morgan fingerprint density at radius 1 is 1.42 bits per heavy atom. The average molecular weight is 324 g/mol. The second kappa shape index (κ2) is 6.02. The maximum atomic E-state index is 12.0. The molecule has 1 fully saturated rings. The van der Waals surface area contributed by atoms with Gasteiger partial charge in [-0.25, -0.2) is 0 Å². The Morgan fingerprint density at radius 2 is 2.16 bits per heavy atom. The van der Waals surface area contributed by atoms with E-state index in [2.05, 4.69) is 15.9 Å². The lowest BCUT2D eigenvalue weighted by molar-refractivity contribution is -0.143. The number of rotatable bonds is 5. The molecule has 1 aliphatic carbocycles. The van der Waals surface area contributed by atoms with E-state index in [1.54, 1.807) is 6.08 Å². The monoisotopic (exact) mass is 323 g/mol. The fourth-order valence-electron chi connectivity index (χ4n) is 1.79. The molecule has 4 nitrogen and oxygen atoms in total. The van der Waals surface area contributed by atoms with E-state index in [1.807, 2.05) is 24.3 Å². The molecule has 19 heavy (non-hydrogen) atoms. The van der Waals surface area contributed by atoms with Gasteiger partial charge in [0.15, 0.2) is 0 Å². The van der Waals surface area contributed by atoms with Crippen LogP contribution in [-0.4, -0.2) is 34.5 Å². The van der Waals surface area contributed by atoms with Gasteiger partial charge in [-0.15, -0.1) is 0 Å². The first-order valence-corrected chi connectivity index (χ1v) is 6.81. The van der Waals surface area contributed by atoms with Crippen molar-refractivity contribution in [2.24, 2.45) is 0 Å². The number of aliphatic carboxylic acids is 1. The van der Waals surface area contributed by atoms with E-state index in [1.165, 1.54) is 11.0 Å². The predicted molar refractivity (Wildman–Crippen MR) is 75.5 cm³/mol. The molecule has 1 saturated carbocycles. The highest BCUT2D eigenvalue weighted by Gasteiger charge is 2.32. The molecule has 1 aromatic rings. The summed E-state index contributed by atoms with van der Waals surface area (Å²) >= 11 is 3.36. The van der Waals surface area contributed by atoms with Gasteiger partial charge < -0.3 is 10.0 Å². The molecule has 2 rings (SSSR count). The van der Waals surface area contributed by atoms with E-state index >= 15 is 0 Å². The van der Waals surface area contributed by atoms with E-state index in [4.69, 9.17) is 5.11 Å². The van der Waals surface area contributed by atoms with Crippen molar-refractivity contribution in [1.29, 1.82) is 0 Å². The van der Waals surface area contributed by atoms with Crippen LogP contribution < -0.4 is 0 Å². The molecule has 1 aliphatic rings. The summed E-state index contributed by atoms with van der Waals surface area (Å²) in [5.74, 6) is -1.22. The quantitative estimate of drug-likeness (QED) is 0.847. The van der Waals surface area contributed by atoms with E-state index < -0.39 is 5.97 Å². The maximum Gasteiger partial charge on any atom is 0.323 e. The highest BCUT2D eigenvalue weighted by molar-refractivity contribution is 9.10. The van der Waals surface area contributed by atoms with Gasteiger partial charge >= 0.3 is 5.97 Å². The number of benzene rings is 1. The zero-order chi connectivity index (χ0) is 13.8. The third-order valence-corrected chi connectivity index (χ3v) is 3.34. The minimum Gasteiger partial charge on any atom is -0.480 e. The van der Waals surface area contributed by atoms with Gasteiger partial charge in [0, 0.05) is 16.6 Å². The third-order valence-electron chi connectivity index (χ3n) is 2.84. The molecule has 1 aromatic carbocycles. The van der Waals surface area contributed by atoms with Gasteiger partial charge in [-0.3, -0.25) is 9.59 Å². The van der Waals surface area contributed by atoms with Gasteiger partial charge in [-0.1, -0.05) is 28.1 Å². The number of carboxylic acids is 1. The Bertz CT molecular complexity index is 523.